The van der Waals surface area contributed by atoms with Crippen molar-refractivity contribution in [1.82, 2.24) is 9.97 Å². The van der Waals surface area contributed by atoms with Crippen LogP contribution in [0.3, 0.4) is 0 Å². The molecule has 2 rings (SSSR count). The Kier molecular flexibility index (Phi) is 2.86. The Hall–Kier alpha value is -2.24. The summed E-state index contributed by atoms with van der Waals surface area (Å²) in [6.07, 6.45) is 0. The summed E-state index contributed by atoms with van der Waals surface area (Å²) in [7, 11) is 1.35. The third kappa shape index (κ3) is 2.22. The van der Waals surface area contributed by atoms with Gasteiger partial charge in [0.15, 0.2) is 0 Å². The Bertz CT molecular complexity index is 639. The molecule has 0 saturated heterocycles. The molecule has 6 nitrogen and oxygen atoms in total. The third-order valence-electron chi connectivity index (χ3n) is 2.67. The van der Waals surface area contributed by atoms with Crippen LogP contribution in [0.2, 0.25) is 0 Å². The first-order valence-corrected chi connectivity index (χ1v) is 5.51. The quantitative estimate of drug-likeness (QED) is 0.714. The maximum Gasteiger partial charge on any atom is 0.330 e. The van der Waals surface area contributed by atoms with Crippen LogP contribution in [-0.4, -0.2) is 28.6 Å². The maximum atomic E-state index is 11.6. The van der Waals surface area contributed by atoms with Crippen LogP contribution in [0.25, 0.3) is 11.0 Å². The molecule has 0 unspecified atom stereocenters. The molecule has 2 aromatic rings. The zero-order valence-electron chi connectivity index (χ0n) is 10.5. The molecule has 0 radical (unpaired) electrons. The van der Waals surface area contributed by atoms with Crippen LogP contribution in [0.1, 0.15) is 13.8 Å². The van der Waals surface area contributed by atoms with Crippen molar-refractivity contribution in [3.63, 3.8) is 0 Å². The summed E-state index contributed by atoms with van der Waals surface area (Å²) in [5, 5.41) is 3.06. The molecule has 0 fully saturated rings. The summed E-state index contributed by atoms with van der Waals surface area (Å²) in [4.78, 5) is 28.0. The number of ether oxygens (including phenoxy) is 1. The number of hydrogen-bond acceptors (Lipinski definition) is 4. The highest BCUT2D eigenvalue weighted by atomic mass is 16.5. The summed E-state index contributed by atoms with van der Waals surface area (Å²) in [5.74, 6) is -0.356. The highest BCUT2D eigenvalue weighted by molar-refractivity contribution is 5.85. The molecule has 1 aromatic heterocycles. The largest absolute Gasteiger partial charge is 0.467 e. The first-order chi connectivity index (χ1) is 8.42. The number of aromatic amines is 2. The number of anilines is 1. The van der Waals surface area contributed by atoms with Crippen molar-refractivity contribution in [1.29, 1.82) is 0 Å². The van der Waals surface area contributed by atoms with Gasteiger partial charge in [-0.2, -0.15) is 0 Å². The number of rotatable bonds is 3. The lowest BCUT2D eigenvalue weighted by atomic mass is 10.1. The fourth-order valence-electron chi connectivity index (χ4n) is 1.78. The summed E-state index contributed by atoms with van der Waals surface area (Å²) < 4.78 is 4.71. The second-order valence-corrected chi connectivity index (χ2v) is 4.58. The lowest BCUT2D eigenvalue weighted by Crippen LogP contribution is -2.41. The van der Waals surface area contributed by atoms with Gasteiger partial charge in [-0.3, -0.25) is 0 Å². The van der Waals surface area contributed by atoms with E-state index in [1.165, 1.54) is 7.11 Å². The molecule has 18 heavy (non-hydrogen) atoms. The number of methoxy groups -OCH3 is 1. The predicted molar refractivity (Wildman–Crippen MR) is 68.6 cm³/mol. The smallest absolute Gasteiger partial charge is 0.330 e. The zero-order chi connectivity index (χ0) is 13.3. The van der Waals surface area contributed by atoms with Crippen LogP contribution in [0.4, 0.5) is 5.69 Å². The van der Waals surface area contributed by atoms with Crippen LogP contribution >= 0.6 is 0 Å². The SMILES string of the molecule is COC(=O)C(C)(C)Nc1ccc2[nH]c(=O)[nH]c2c1. The van der Waals surface area contributed by atoms with Crippen LogP contribution in [0.15, 0.2) is 23.0 Å². The number of imidazole rings is 1. The number of nitrogens with one attached hydrogen (secondary N) is 3. The summed E-state index contributed by atoms with van der Waals surface area (Å²) in [5.41, 5.74) is 1.05. The number of benzene rings is 1. The minimum atomic E-state index is -0.834. The van der Waals surface area contributed by atoms with Crippen molar-refractivity contribution in [2.45, 2.75) is 19.4 Å². The molecule has 96 valence electrons. The normalized spacial score (nSPS) is 11.5. The molecular weight excluding hydrogens is 234 g/mol. The molecule has 0 spiro atoms. The van der Waals surface area contributed by atoms with Crippen LogP contribution < -0.4 is 11.0 Å². The summed E-state index contributed by atoms with van der Waals surface area (Å²) in [6.45, 7) is 3.45. The maximum absolute atomic E-state index is 11.6. The van der Waals surface area contributed by atoms with Gasteiger partial charge in [0.2, 0.25) is 0 Å². The van der Waals surface area contributed by atoms with Gasteiger partial charge in [0.1, 0.15) is 5.54 Å². The molecular formula is C12H15N3O3. The fourth-order valence-corrected chi connectivity index (χ4v) is 1.78. The van der Waals surface area contributed by atoms with E-state index in [1.807, 2.05) is 0 Å². The summed E-state index contributed by atoms with van der Waals surface area (Å²) in [6, 6.07) is 5.32. The average Bonchev–Trinajstić information content (AvgIpc) is 2.66. The Labute approximate surface area is 103 Å². The molecule has 1 aromatic carbocycles. The van der Waals surface area contributed by atoms with Crippen LogP contribution in [0.5, 0.6) is 0 Å². The zero-order valence-corrected chi connectivity index (χ0v) is 10.5. The molecule has 3 N–H and O–H groups in total. The van der Waals surface area contributed by atoms with E-state index in [9.17, 15) is 9.59 Å². The van der Waals surface area contributed by atoms with E-state index in [1.54, 1.807) is 32.0 Å². The number of fused-ring (bicyclic) bond motifs is 1. The van der Waals surface area contributed by atoms with Gasteiger partial charge in [0, 0.05) is 5.69 Å². The molecule has 1 heterocycles. The first kappa shape index (κ1) is 12.2. The number of hydrogen-bond donors (Lipinski definition) is 3. The van der Waals surface area contributed by atoms with Gasteiger partial charge in [-0.25, -0.2) is 9.59 Å². The topological polar surface area (TPSA) is 87.0 Å². The van der Waals surface area contributed by atoms with E-state index >= 15 is 0 Å². The summed E-state index contributed by atoms with van der Waals surface area (Å²) >= 11 is 0. The minimum Gasteiger partial charge on any atom is -0.467 e. The molecule has 0 atom stereocenters. The Morgan fingerprint density at radius 1 is 1.28 bits per heavy atom. The molecule has 0 aliphatic rings. The second kappa shape index (κ2) is 4.21. The predicted octanol–water partition coefficient (Wildman–Crippen LogP) is 1.22. The average molecular weight is 249 g/mol. The lowest BCUT2D eigenvalue weighted by molar-refractivity contribution is -0.144. The number of carbonyl (C=O) groups excluding carboxylic acids is 1. The Morgan fingerprint density at radius 2 is 1.94 bits per heavy atom. The first-order valence-electron chi connectivity index (χ1n) is 5.51. The number of H-pyrrole nitrogens is 2. The van der Waals surface area contributed by atoms with Gasteiger partial charge in [-0.15, -0.1) is 0 Å². The van der Waals surface area contributed by atoms with Gasteiger partial charge >= 0.3 is 11.7 Å². The molecule has 6 heteroatoms. The molecule has 0 saturated carbocycles. The highest BCUT2D eigenvalue weighted by Gasteiger charge is 2.28. The highest BCUT2D eigenvalue weighted by Crippen LogP contribution is 2.19. The molecule has 0 aliphatic heterocycles. The lowest BCUT2D eigenvalue weighted by Gasteiger charge is -2.24. The fraction of sp³-hybridized carbons (Fsp3) is 0.333. The van der Waals surface area contributed by atoms with Crippen molar-refractivity contribution >= 4 is 22.7 Å². The molecule has 0 amide bonds. The van der Waals surface area contributed by atoms with Crippen molar-refractivity contribution in [3.8, 4) is 0 Å². The Balaban J connectivity index is 2.32. The van der Waals surface area contributed by atoms with Crippen LogP contribution in [-0.2, 0) is 9.53 Å². The Morgan fingerprint density at radius 3 is 2.61 bits per heavy atom. The van der Waals surface area contributed by atoms with E-state index in [0.717, 1.165) is 11.2 Å². The van der Waals surface area contributed by atoms with Gasteiger partial charge in [0.25, 0.3) is 0 Å². The van der Waals surface area contributed by atoms with Gasteiger partial charge in [-0.05, 0) is 32.0 Å². The molecule has 0 aliphatic carbocycles. The molecule has 0 bridgehead atoms. The van der Waals surface area contributed by atoms with Crippen molar-refractivity contribution in [2.24, 2.45) is 0 Å². The number of aromatic nitrogens is 2. The van der Waals surface area contributed by atoms with Crippen molar-refractivity contribution in [2.75, 3.05) is 12.4 Å². The second-order valence-electron chi connectivity index (χ2n) is 4.58. The standard InChI is InChI=1S/C12H15N3O3/c1-12(2,10(16)18-3)15-7-4-5-8-9(6-7)14-11(17)13-8/h4-6,15H,1-3H3,(H2,13,14,17). The van der Waals surface area contributed by atoms with Crippen molar-refractivity contribution in [3.05, 3.63) is 28.7 Å². The van der Waals surface area contributed by atoms with E-state index in [4.69, 9.17) is 4.74 Å². The van der Waals surface area contributed by atoms with Gasteiger partial charge in [-0.1, -0.05) is 0 Å². The van der Waals surface area contributed by atoms with E-state index in [-0.39, 0.29) is 11.7 Å². The van der Waals surface area contributed by atoms with E-state index in [2.05, 4.69) is 15.3 Å². The monoisotopic (exact) mass is 249 g/mol. The number of esters is 1. The van der Waals surface area contributed by atoms with E-state index in [0.29, 0.717) is 5.52 Å². The van der Waals surface area contributed by atoms with Gasteiger partial charge < -0.3 is 20.0 Å². The van der Waals surface area contributed by atoms with Crippen molar-refractivity contribution < 1.29 is 9.53 Å². The third-order valence-corrected chi connectivity index (χ3v) is 2.67. The number of carbonyl (C=O) groups is 1. The van der Waals surface area contributed by atoms with Gasteiger partial charge in [0.05, 0.1) is 18.1 Å². The van der Waals surface area contributed by atoms with Crippen LogP contribution in [0, 0.1) is 0 Å². The van der Waals surface area contributed by atoms with E-state index < -0.39 is 5.54 Å². The minimum absolute atomic E-state index is 0.255.